The second-order valence-electron chi connectivity index (χ2n) is 6.41. The van der Waals surface area contributed by atoms with Gasteiger partial charge in [0.05, 0.1) is 6.54 Å². The number of fused-ring (bicyclic) bond motifs is 1. The highest BCUT2D eigenvalue weighted by molar-refractivity contribution is 5.87. The molecule has 2 N–H and O–H groups in total. The van der Waals surface area contributed by atoms with Crippen LogP contribution in [0.2, 0.25) is 0 Å². The van der Waals surface area contributed by atoms with Crippen molar-refractivity contribution in [1.29, 1.82) is 0 Å². The molecule has 0 aliphatic rings. The van der Waals surface area contributed by atoms with Gasteiger partial charge in [-0.3, -0.25) is 0 Å². The van der Waals surface area contributed by atoms with E-state index in [0.29, 0.717) is 10.6 Å². The first-order chi connectivity index (χ1) is 11.2. The molecule has 2 rings (SSSR count). The zero-order valence-corrected chi connectivity index (χ0v) is 13.8. The van der Waals surface area contributed by atoms with Crippen molar-refractivity contribution >= 4 is 22.4 Å². The normalized spacial score (nSPS) is 11.2. The Bertz CT molecular complexity index is 778. The van der Waals surface area contributed by atoms with Crippen molar-refractivity contribution in [3.05, 3.63) is 54.1 Å². The smallest absolute Gasteiger partial charge is 0.424 e. The van der Waals surface area contributed by atoms with Crippen molar-refractivity contribution in [1.82, 2.24) is 5.01 Å². The number of hydrazine groups is 1. The fourth-order valence-corrected chi connectivity index (χ4v) is 2.19. The summed E-state index contributed by atoms with van der Waals surface area (Å²) in [6.07, 6.45) is -2.74. The maximum absolute atomic E-state index is 13.4. The van der Waals surface area contributed by atoms with Crippen molar-refractivity contribution in [2.24, 2.45) is 5.84 Å². The summed E-state index contributed by atoms with van der Waals surface area (Å²) in [5, 5.41) is 2.42. The monoisotopic (exact) mass is 334 g/mol. The van der Waals surface area contributed by atoms with E-state index in [1.807, 2.05) is 24.3 Å². The third-order valence-electron chi connectivity index (χ3n) is 3.28. The summed E-state index contributed by atoms with van der Waals surface area (Å²) < 4.78 is 31.9. The number of carbonyl (C=O) groups is 1. The van der Waals surface area contributed by atoms with Gasteiger partial charge in [-0.1, -0.05) is 36.4 Å². The molecule has 0 bridgehead atoms. The number of hydrogen-bond donors (Lipinski definition) is 1. The Balaban J connectivity index is 2.26. The highest BCUT2D eigenvalue weighted by Gasteiger charge is 2.22. The van der Waals surface area contributed by atoms with Crippen molar-refractivity contribution in [2.45, 2.75) is 26.4 Å². The molecule has 128 valence electrons. The third-order valence-corrected chi connectivity index (χ3v) is 3.28. The number of halogens is 2. The number of ether oxygens (including phenoxy) is 1. The van der Waals surface area contributed by atoms with Gasteiger partial charge in [-0.25, -0.2) is 15.6 Å². The molecule has 0 aliphatic heterocycles. The molecule has 0 aromatic heterocycles. The van der Waals surface area contributed by atoms with Crippen LogP contribution in [0.15, 0.2) is 48.5 Å². The number of nitrogens with zero attached hydrogens (tertiary/aromatic N) is 1. The summed E-state index contributed by atoms with van der Waals surface area (Å²) in [6.45, 7) is 4.58. The minimum absolute atomic E-state index is 0.311. The van der Waals surface area contributed by atoms with E-state index in [1.54, 1.807) is 39.0 Å². The molecule has 2 aromatic carbocycles. The molecule has 0 saturated carbocycles. The maximum atomic E-state index is 13.4. The van der Waals surface area contributed by atoms with Gasteiger partial charge < -0.3 is 4.74 Å². The Kier molecular flexibility index (Phi) is 5.19. The van der Waals surface area contributed by atoms with Gasteiger partial charge in [-0.05, 0) is 43.2 Å². The summed E-state index contributed by atoms with van der Waals surface area (Å²) in [6, 6.07) is 12.4. The van der Waals surface area contributed by atoms with Crippen LogP contribution in [0.4, 0.5) is 13.6 Å². The molecular formula is C18H20F2N2O2. The van der Waals surface area contributed by atoms with Crippen LogP contribution in [0, 0.1) is 0 Å². The number of hydrogen-bond acceptors (Lipinski definition) is 3. The second kappa shape index (κ2) is 6.97. The minimum atomic E-state index is -1.88. The van der Waals surface area contributed by atoms with E-state index in [1.165, 1.54) is 0 Å². The lowest BCUT2D eigenvalue weighted by Crippen LogP contribution is -2.42. The highest BCUT2D eigenvalue weighted by atomic mass is 19.3. The molecule has 2 aromatic rings. The lowest BCUT2D eigenvalue weighted by molar-refractivity contribution is 0.0273. The van der Waals surface area contributed by atoms with Gasteiger partial charge in [0.25, 0.3) is 6.08 Å². The van der Waals surface area contributed by atoms with Crippen molar-refractivity contribution in [2.75, 3.05) is 6.54 Å². The van der Waals surface area contributed by atoms with Gasteiger partial charge in [0, 0.05) is 5.57 Å². The van der Waals surface area contributed by atoms with Crippen LogP contribution in [0.5, 0.6) is 0 Å². The molecule has 0 heterocycles. The first-order valence-corrected chi connectivity index (χ1v) is 7.46. The molecule has 0 saturated heterocycles. The van der Waals surface area contributed by atoms with Gasteiger partial charge in [0.1, 0.15) is 5.60 Å². The summed E-state index contributed by atoms with van der Waals surface area (Å²) in [5.74, 6) is 5.60. The Morgan fingerprint density at radius 3 is 2.33 bits per heavy atom. The van der Waals surface area contributed by atoms with Crippen molar-refractivity contribution < 1.29 is 18.3 Å². The van der Waals surface area contributed by atoms with E-state index in [0.717, 1.165) is 10.8 Å². The van der Waals surface area contributed by atoms with Crippen LogP contribution in [0.3, 0.4) is 0 Å². The number of nitrogens with two attached hydrogens (primary N) is 1. The topological polar surface area (TPSA) is 55.6 Å². The number of benzene rings is 2. The Hall–Kier alpha value is -2.47. The molecule has 4 nitrogen and oxygen atoms in total. The Labute approximate surface area is 139 Å². The van der Waals surface area contributed by atoms with E-state index in [-0.39, 0.29) is 5.57 Å². The molecule has 24 heavy (non-hydrogen) atoms. The van der Waals surface area contributed by atoms with E-state index in [2.05, 4.69) is 0 Å². The molecule has 0 radical (unpaired) electrons. The summed E-state index contributed by atoms with van der Waals surface area (Å²) in [4.78, 5) is 11.9. The number of rotatable bonds is 3. The van der Waals surface area contributed by atoms with Crippen LogP contribution in [0.25, 0.3) is 16.3 Å². The zero-order chi connectivity index (χ0) is 17.9. The average molecular weight is 334 g/mol. The second-order valence-corrected chi connectivity index (χ2v) is 6.41. The largest absolute Gasteiger partial charge is 0.443 e. The quantitative estimate of drug-likeness (QED) is 0.509. The van der Waals surface area contributed by atoms with Crippen LogP contribution >= 0.6 is 0 Å². The van der Waals surface area contributed by atoms with E-state index in [9.17, 15) is 13.6 Å². The van der Waals surface area contributed by atoms with Crippen LogP contribution in [-0.2, 0) is 4.74 Å². The van der Waals surface area contributed by atoms with E-state index in [4.69, 9.17) is 10.6 Å². The van der Waals surface area contributed by atoms with Gasteiger partial charge in [0.2, 0.25) is 0 Å². The van der Waals surface area contributed by atoms with Crippen LogP contribution in [-0.4, -0.2) is 23.2 Å². The van der Waals surface area contributed by atoms with Crippen molar-refractivity contribution in [3.63, 3.8) is 0 Å². The SMILES string of the molecule is CC(C)(C)OC(=O)N(N)CC(=C(F)F)c1ccc2ccccc2c1. The maximum Gasteiger partial charge on any atom is 0.424 e. The fourth-order valence-electron chi connectivity index (χ4n) is 2.19. The predicted octanol–water partition coefficient (Wildman–Crippen LogP) is 4.56. The average Bonchev–Trinajstić information content (AvgIpc) is 2.50. The first kappa shape index (κ1) is 17.9. The molecule has 0 unspecified atom stereocenters. The van der Waals surface area contributed by atoms with Gasteiger partial charge >= 0.3 is 6.09 Å². The van der Waals surface area contributed by atoms with E-state index < -0.39 is 24.3 Å². The fraction of sp³-hybridized carbons (Fsp3) is 0.278. The molecule has 0 fully saturated rings. The van der Waals surface area contributed by atoms with Gasteiger partial charge in [0.15, 0.2) is 0 Å². The first-order valence-electron chi connectivity index (χ1n) is 7.46. The zero-order valence-electron chi connectivity index (χ0n) is 13.8. The summed E-state index contributed by atoms with van der Waals surface area (Å²) in [7, 11) is 0. The molecular weight excluding hydrogens is 314 g/mol. The van der Waals surface area contributed by atoms with Crippen LogP contribution < -0.4 is 5.84 Å². The Morgan fingerprint density at radius 2 is 1.75 bits per heavy atom. The van der Waals surface area contributed by atoms with Crippen LogP contribution in [0.1, 0.15) is 26.3 Å². The predicted molar refractivity (Wildman–Crippen MR) is 90.2 cm³/mol. The Morgan fingerprint density at radius 1 is 1.12 bits per heavy atom. The number of amides is 1. The minimum Gasteiger partial charge on any atom is -0.443 e. The molecule has 0 aliphatic carbocycles. The summed E-state index contributed by atoms with van der Waals surface area (Å²) >= 11 is 0. The van der Waals surface area contributed by atoms with Gasteiger partial charge in [-0.2, -0.15) is 8.78 Å². The lowest BCUT2D eigenvalue weighted by atomic mass is 10.0. The van der Waals surface area contributed by atoms with E-state index >= 15 is 0 Å². The summed E-state index contributed by atoms with van der Waals surface area (Å²) in [5.41, 5.74) is -0.752. The highest BCUT2D eigenvalue weighted by Crippen LogP contribution is 2.25. The molecule has 0 spiro atoms. The third kappa shape index (κ3) is 4.52. The lowest BCUT2D eigenvalue weighted by Gasteiger charge is -2.24. The molecule has 6 heteroatoms. The standard InChI is InChI=1S/C18H20F2N2O2/c1-18(2,3)24-17(23)22(21)11-15(16(19)20)14-9-8-12-6-4-5-7-13(12)10-14/h4-10H,11,21H2,1-3H3. The van der Waals surface area contributed by atoms with Crippen molar-refractivity contribution in [3.8, 4) is 0 Å². The van der Waals surface area contributed by atoms with Gasteiger partial charge in [-0.15, -0.1) is 0 Å². The number of carbonyl (C=O) groups excluding carboxylic acids is 1. The molecule has 1 amide bonds. The molecule has 0 atom stereocenters.